The second kappa shape index (κ2) is 9.10. The van der Waals surface area contributed by atoms with Gasteiger partial charge in [0, 0.05) is 6.20 Å². The van der Waals surface area contributed by atoms with Crippen molar-refractivity contribution in [2.24, 2.45) is 0 Å². The van der Waals surface area contributed by atoms with Gasteiger partial charge in [0.2, 0.25) is 0 Å². The van der Waals surface area contributed by atoms with E-state index in [1.165, 1.54) is 17.1 Å². The van der Waals surface area contributed by atoms with Crippen molar-refractivity contribution in [1.82, 2.24) is 14.8 Å². The SMILES string of the molecule is O=C(Nc1cnn(-c2cccc(C(=O)Oc3cccnc3)c2)c1)Nc1ccccc1Cl. The molecule has 0 spiro atoms. The molecule has 2 heterocycles. The zero-order valence-corrected chi connectivity index (χ0v) is 16.8. The number of pyridine rings is 1. The maximum Gasteiger partial charge on any atom is 0.343 e. The minimum atomic E-state index is -0.514. The standard InChI is InChI=1S/C22H16ClN5O3/c23-19-8-1-2-9-20(19)27-22(30)26-16-12-25-28(14-16)17-6-3-5-15(11-17)21(29)31-18-7-4-10-24-13-18/h1-14H,(H2,26,27,30). The number of halogens is 1. The van der Waals surface area contributed by atoms with Gasteiger partial charge in [-0.15, -0.1) is 0 Å². The summed E-state index contributed by atoms with van der Waals surface area (Å²) in [7, 11) is 0. The van der Waals surface area contributed by atoms with Gasteiger partial charge >= 0.3 is 12.0 Å². The Bertz CT molecular complexity index is 1230. The van der Waals surface area contributed by atoms with Crippen LogP contribution in [0, 0.1) is 0 Å². The average Bonchev–Trinajstić information content (AvgIpc) is 3.24. The molecular weight excluding hydrogens is 418 g/mol. The van der Waals surface area contributed by atoms with E-state index in [-0.39, 0.29) is 0 Å². The van der Waals surface area contributed by atoms with E-state index in [4.69, 9.17) is 16.3 Å². The number of para-hydroxylation sites is 1. The Morgan fingerprint density at radius 1 is 0.968 bits per heavy atom. The summed E-state index contributed by atoms with van der Waals surface area (Å²) >= 11 is 6.05. The van der Waals surface area contributed by atoms with Gasteiger partial charge in [-0.1, -0.05) is 29.8 Å². The summed E-state index contributed by atoms with van der Waals surface area (Å²) in [5.74, 6) is -0.160. The predicted octanol–water partition coefficient (Wildman–Crippen LogP) is 4.78. The lowest BCUT2D eigenvalue weighted by molar-refractivity contribution is 0.0734. The van der Waals surface area contributed by atoms with Gasteiger partial charge in [-0.05, 0) is 42.5 Å². The molecule has 0 radical (unpaired) electrons. The third-order valence-electron chi connectivity index (χ3n) is 4.15. The van der Waals surface area contributed by atoms with Gasteiger partial charge in [-0.2, -0.15) is 5.10 Å². The number of aromatic nitrogens is 3. The Hall–Kier alpha value is -4.17. The Morgan fingerprint density at radius 2 is 1.84 bits per heavy atom. The van der Waals surface area contributed by atoms with E-state index in [0.29, 0.717) is 33.4 Å². The van der Waals surface area contributed by atoms with E-state index in [2.05, 4.69) is 20.7 Å². The summed E-state index contributed by atoms with van der Waals surface area (Å²) in [6.07, 6.45) is 6.17. The first-order valence-corrected chi connectivity index (χ1v) is 9.56. The molecule has 2 aromatic carbocycles. The molecule has 0 saturated heterocycles. The van der Waals surface area contributed by atoms with Crippen LogP contribution in [0.5, 0.6) is 5.75 Å². The third-order valence-corrected chi connectivity index (χ3v) is 4.48. The number of hydrogen-bond donors (Lipinski definition) is 2. The van der Waals surface area contributed by atoms with Gasteiger partial charge in [0.25, 0.3) is 0 Å². The number of nitrogens with zero attached hydrogens (tertiary/aromatic N) is 3. The van der Waals surface area contributed by atoms with Crippen molar-refractivity contribution >= 4 is 35.0 Å². The zero-order valence-electron chi connectivity index (χ0n) is 16.0. The Morgan fingerprint density at radius 3 is 2.65 bits per heavy atom. The molecule has 0 aliphatic heterocycles. The fraction of sp³-hybridized carbons (Fsp3) is 0. The first kappa shape index (κ1) is 20.1. The fourth-order valence-electron chi connectivity index (χ4n) is 2.72. The van der Waals surface area contributed by atoms with Gasteiger partial charge in [-0.3, -0.25) is 4.98 Å². The number of esters is 1. The number of carbonyl (C=O) groups excluding carboxylic acids is 2. The maximum atomic E-state index is 12.4. The first-order chi connectivity index (χ1) is 15.1. The molecule has 9 heteroatoms. The fourth-order valence-corrected chi connectivity index (χ4v) is 2.91. The molecular formula is C22H16ClN5O3. The average molecular weight is 434 g/mol. The summed E-state index contributed by atoms with van der Waals surface area (Å²) in [6.45, 7) is 0. The topological polar surface area (TPSA) is 98.1 Å². The number of amides is 2. The predicted molar refractivity (Wildman–Crippen MR) is 117 cm³/mol. The number of anilines is 2. The van der Waals surface area contributed by atoms with Gasteiger partial charge in [0.05, 0.1) is 46.2 Å². The number of benzene rings is 2. The number of ether oxygens (including phenoxy) is 1. The van der Waals surface area contributed by atoms with Gasteiger partial charge < -0.3 is 15.4 Å². The number of urea groups is 1. The van der Waals surface area contributed by atoms with E-state index in [1.807, 2.05) is 0 Å². The Labute approximate surface area is 182 Å². The summed E-state index contributed by atoms with van der Waals surface area (Å²) in [6, 6.07) is 16.6. The molecule has 4 rings (SSSR count). The second-order valence-electron chi connectivity index (χ2n) is 6.36. The quantitative estimate of drug-likeness (QED) is 0.441. The summed E-state index contributed by atoms with van der Waals surface area (Å²) in [5.41, 5.74) is 1.94. The molecule has 0 unspecified atom stereocenters. The summed E-state index contributed by atoms with van der Waals surface area (Å²) < 4.78 is 6.84. The molecule has 0 aliphatic carbocycles. The molecule has 2 N–H and O–H groups in total. The number of carbonyl (C=O) groups is 2. The van der Waals surface area contributed by atoms with Crippen molar-refractivity contribution in [3.05, 3.63) is 96.0 Å². The lowest BCUT2D eigenvalue weighted by Crippen LogP contribution is -2.19. The molecule has 0 bridgehead atoms. The van der Waals surface area contributed by atoms with Crippen molar-refractivity contribution in [2.75, 3.05) is 10.6 Å². The number of nitrogens with one attached hydrogen (secondary N) is 2. The maximum absolute atomic E-state index is 12.4. The highest BCUT2D eigenvalue weighted by Gasteiger charge is 2.12. The van der Waals surface area contributed by atoms with Crippen LogP contribution in [-0.4, -0.2) is 26.8 Å². The van der Waals surface area contributed by atoms with Crippen LogP contribution >= 0.6 is 11.6 Å². The molecule has 0 atom stereocenters. The van der Waals surface area contributed by atoms with E-state index in [9.17, 15) is 9.59 Å². The monoisotopic (exact) mass is 433 g/mol. The van der Waals surface area contributed by atoms with Crippen molar-refractivity contribution in [2.45, 2.75) is 0 Å². The minimum Gasteiger partial charge on any atom is -0.421 e. The largest absolute Gasteiger partial charge is 0.421 e. The van der Waals surface area contributed by atoms with Crippen molar-refractivity contribution in [3.8, 4) is 11.4 Å². The lowest BCUT2D eigenvalue weighted by Gasteiger charge is -2.07. The van der Waals surface area contributed by atoms with E-state index >= 15 is 0 Å². The van der Waals surface area contributed by atoms with Crippen LogP contribution in [0.25, 0.3) is 5.69 Å². The highest BCUT2D eigenvalue weighted by atomic mass is 35.5. The van der Waals surface area contributed by atoms with Gasteiger partial charge in [-0.25, -0.2) is 14.3 Å². The van der Waals surface area contributed by atoms with Crippen LogP contribution < -0.4 is 15.4 Å². The van der Waals surface area contributed by atoms with Gasteiger partial charge in [0.15, 0.2) is 0 Å². The van der Waals surface area contributed by atoms with E-state index in [1.54, 1.807) is 73.1 Å². The number of rotatable bonds is 5. The molecule has 0 aliphatic rings. The Kier molecular flexibility index (Phi) is 5.91. The highest BCUT2D eigenvalue weighted by molar-refractivity contribution is 6.33. The highest BCUT2D eigenvalue weighted by Crippen LogP contribution is 2.21. The normalized spacial score (nSPS) is 10.4. The minimum absolute atomic E-state index is 0.350. The van der Waals surface area contributed by atoms with Crippen LogP contribution in [0.2, 0.25) is 5.02 Å². The van der Waals surface area contributed by atoms with Crippen LogP contribution in [0.3, 0.4) is 0 Å². The van der Waals surface area contributed by atoms with E-state index < -0.39 is 12.0 Å². The van der Waals surface area contributed by atoms with Crippen LogP contribution in [-0.2, 0) is 0 Å². The molecule has 154 valence electrons. The Balaban J connectivity index is 1.44. The van der Waals surface area contributed by atoms with Crippen LogP contribution in [0.4, 0.5) is 16.2 Å². The van der Waals surface area contributed by atoms with Crippen molar-refractivity contribution in [3.63, 3.8) is 0 Å². The molecule has 0 fully saturated rings. The number of hydrogen-bond acceptors (Lipinski definition) is 5. The molecule has 0 saturated carbocycles. The zero-order chi connectivity index (χ0) is 21.6. The first-order valence-electron chi connectivity index (χ1n) is 9.18. The van der Waals surface area contributed by atoms with Crippen molar-refractivity contribution < 1.29 is 14.3 Å². The molecule has 4 aromatic rings. The van der Waals surface area contributed by atoms with Crippen LogP contribution in [0.15, 0.2) is 85.5 Å². The van der Waals surface area contributed by atoms with Crippen molar-refractivity contribution in [1.29, 1.82) is 0 Å². The van der Waals surface area contributed by atoms with Crippen LogP contribution in [0.1, 0.15) is 10.4 Å². The molecule has 2 amide bonds. The lowest BCUT2D eigenvalue weighted by atomic mass is 10.2. The molecule has 31 heavy (non-hydrogen) atoms. The summed E-state index contributed by atoms with van der Waals surface area (Å²) in [5, 5.41) is 10.0. The molecule has 8 nitrogen and oxygen atoms in total. The van der Waals surface area contributed by atoms with E-state index in [0.717, 1.165) is 0 Å². The molecule has 2 aromatic heterocycles. The smallest absolute Gasteiger partial charge is 0.343 e. The van der Waals surface area contributed by atoms with Gasteiger partial charge in [0.1, 0.15) is 5.75 Å². The second-order valence-corrected chi connectivity index (χ2v) is 6.77. The summed E-state index contributed by atoms with van der Waals surface area (Å²) in [4.78, 5) is 28.5. The third kappa shape index (κ3) is 5.06.